The number of rotatable bonds is 7. The topological polar surface area (TPSA) is 85.5 Å². The average Bonchev–Trinajstić information content (AvgIpc) is 2.87. The summed E-state index contributed by atoms with van der Waals surface area (Å²) < 4.78 is 10.6. The number of ether oxygens (including phenoxy) is 2. The van der Waals surface area contributed by atoms with Gasteiger partial charge in [0.2, 0.25) is 5.78 Å². The van der Waals surface area contributed by atoms with Gasteiger partial charge in [0, 0.05) is 11.3 Å². The van der Waals surface area contributed by atoms with Crippen LogP contribution >= 0.6 is 0 Å². The Bertz CT molecular complexity index is 850. The van der Waals surface area contributed by atoms with Crippen molar-refractivity contribution in [2.75, 3.05) is 6.61 Å². The van der Waals surface area contributed by atoms with E-state index in [4.69, 9.17) is 9.47 Å². The predicted molar refractivity (Wildman–Crippen MR) is 96.8 cm³/mol. The summed E-state index contributed by atoms with van der Waals surface area (Å²) in [5, 5.41) is 0. The molecule has 1 aromatic carbocycles. The van der Waals surface area contributed by atoms with Crippen LogP contribution in [-0.4, -0.2) is 35.2 Å². The maximum atomic E-state index is 12.6. The minimum Gasteiger partial charge on any atom is -0.482 e. The van der Waals surface area contributed by atoms with Crippen molar-refractivity contribution in [1.29, 1.82) is 0 Å². The van der Waals surface area contributed by atoms with Crippen LogP contribution in [0.4, 0.5) is 0 Å². The van der Waals surface area contributed by atoms with E-state index in [-0.39, 0.29) is 23.9 Å². The highest BCUT2D eigenvalue weighted by atomic mass is 16.6. The monoisotopic (exact) mass is 357 g/mol. The van der Waals surface area contributed by atoms with Crippen molar-refractivity contribution >= 4 is 17.5 Å². The Morgan fingerprint density at radius 3 is 2.35 bits per heavy atom. The Hall–Kier alpha value is -2.89. The van der Waals surface area contributed by atoms with E-state index in [1.165, 1.54) is 13.8 Å². The number of ketones is 2. The van der Waals surface area contributed by atoms with Gasteiger partial charge in [-0.15, -0.1) is 0 Å². The van der Waals surface area contributed by atoms with Gasteiger partial charge in [-0.2, -0.15) is 0 Å². The molecule has 1 atom stereocenters. The van der Waals surface area contributed by atoms with Crippen molar-refractivity contribution in [3.05, 3.63) is 52.3 Å². The molecule has 1 heterocycles. The number of H-pyrrole nitrogens is 1. The van der Waals surface area contributed by atoms with Gasteiger partial charge in [0.1, 0.15) is 5.75 Å². The summed E-state index contributed by atoms with van der Waals surface area (Å²) in [6, 6.07) is 7.31. The minimum absolute atomic E-state index is 0.119. The molecule has 0 radical (unpaired) electrons. The molecule has 0 aliphatic heterocycles. The van der Waals surface area contributed by atoms with Gasteiger partial charge in [-0.3, -0.25) is 9.59 Å². The van der Waals surface area contributed by atoms with E-state index in [9.17, 15) is 14.4 Å². The number of aryl methyl sites for hydroxylation is 2. The predicted octanol–water partition coefficient (Wildman–Crippen LogP) is 3.34. The Kier molecular flexibility index (Phi) is 5.97. The van der Waals surface area contributed by atoms with Crippen molar-refractivity contribution < 1.29 is 23.9 Å². The first-order valence-electron chi connectivity index (χ1n) is 8.34. The zero-order chi connectivity index (χ0) is 19.4. The zero-order valence-corrected chi connectivity index (χ0v) is 15.6. The van der Waals surface area contributed by atoms with Crippen molar-refractivity contribution in [3.63, 3.8) is 0 Å². The van der Waals surface area contributed by atoms with Crippen molar-refractivity contribution in [3.8, 4) is 5.75 Å². The van der Waals surface area contributed by atoms with Crippen LogP contribution in [0, 0.1) is 20.8 Å². The van der Waals surface area contributed by atoms with E-state index in [0.717, 1.165) is 5.56 Å². The number of carbonyl (C=O) groups excluding carboxylic acids is 3. The second-order valence-electron chi connectivity index (χ2n) is 6.23. The van der Waals surface area contributed by atoms with Crippen molar-refractivity contribution in [2.45, 2.75) is 40.7 Å². The van der Waals surface area contributed by atoms with E-state index < -0.39 is 12.1 Å². The molecule has 0 unspecified atom stereocenters. The lowest BCUT2D eigenvalue weighted by Gasteiger charge is -2.13. The second kappa shape index (κ2) is 7.99. The minimum atomic E-state index is -0.987. The molecule has 0 fully saturated rings. The first-order chi connectivity index (χ1) is 12.2. The molecule has 0 bridgehead atoms. The molecule has 0 aliphatic carbocycles. The van der Waals surface area contributed by atoms with Crippen LogP contribution in [0.1, 0.15) is 51.5 Å². The summed E-state index contributed by atoms with van der Waals surface area (Å²) in [6.07, 6.45) is -0.987. The molecule has 0 spiro atoms. The summed E-state index contributed by atoms with van der Waals surface area (Å²) in [7, 11) is 0. The van der Waals surface area contributed by atoms with E-state index in [2.05, 4.69) is 4.98 Å². The number of Topliss-reactive ketones (excluding diaryl/α,β-unsaturated/α-hetero) is 2. The molecule has 6 nitrogen and oxygen atoms in total. The number of aromatic nitrogens is 1. The summed E-state index contributed by atoms with van der Waals surface area (Å²) in [5.74, 6) is -0.555. The number of para-hydroxylation sites is 1. The van der Waals surface area contributed by atoms with Gasteiger partial charge in [-0.25, -0.2) is 4.79 Å². The van der Waals surface area contributed by atoms with Crippen molar-refractivity contribution in [1.82, 2.24) is 4.98 Å². The molecule has 0 saturated carbocycles. The van der Waals surface area contributed by atoms with Crippen LogP contribution in [0.15, 0.2) is 24.3 Å². The molecule has 1 aromatic heterocycles. The molecular weight excluding hydrogens is 334 g/mol. The first kappa shape index (κ1) is 19.4. The van der Waals surface area contributed by atoms with E-state index in [1.807, 2.05) is 25.1 Å². The van der Waals surface area contributed by atoms with Gasteiger partial charge in [0.05, 0.1) is 5.69 Å². The highest BCUT2D eigenvalue weighted by Crippen LogP contribution is 2.20. The maximum absolute atomic E-state index is 12.6. The molecule has 2 rings (SSSR count). The summed E-state index contributed by atoms with van der Waals surface area (Å²) in [4.78, 5) is 39.1. The van der Waals surface area contributed by atoms with Crippen LogP contribution in [0.3, 0.4) is 0 Å². The number of esters is 1. The summed E-state index contributed by atoms with van der Waals surface area (Å²) >= 11 is 0. The van der Waals surface area contributed by atoms with Crippen molar-refractivity contribution in [2.24, 2.45) is 0 Å². The molecule has 0 amide bonds. The average molecular weight is 357 g/mol. The number of benzene rings is 1. The smallest absolute Gasteiger partial charge is 0.344 e. The van der Waals surface area contributed by atoms with Crippen LogP contribution in [0.5, 0.6) is 5.75 Å². The molecule has 138 valence electrons. The fraction of sp³-hybridized carbons (Fsp3) is 0.350. The van der Waals surface area contributed by atoms with Gasteiger partial charge in [0.25, 0.3) is 0 Å². The summed E-state index contributed by atoms with van der Waals surface area (Å²) in [5.41, 5.74) is 2.88. The van der Waals surface area contributed by atoms with Crippen LogP contribution < -0.4 is 4.74 Å². The number of nitrogens with one attached hydrogen (secondary N) is 1. The molecule has 2 aromatic rings. The third-order valence-electron chi connectivity index (χ3n) is 4.15. The molecule has 0 saturated heterocycles. The standard InChI is InChI=1S/C20H23NO5/c1-11-8-6-7-9-16(11)25-10-17(23)26-15(5)20(24)19-12(2)18(14(4)22)13(3)21-19/h6-9,15,21H,10H2,1-5H3/t15-/m1/s1. The molecule has 1 N–H and O–H groups in total. The number of hydrogen-bond donors (Lipinski definition) is 1. The van der Waals surface area contributed by atoms with E-state index in [1.54, 1.807) is 19.9 Å². The number of hydrogen-bond acceptors (Lipinski definition) is 5. The first-order valence-corrected chi connectivity index (χ1v) is 8.34. The number of aromatic amines is 1. The Morgan fingerprint density at radius 2 is 1.77 bits per heavy atom. The van der Waals surface area contributed by atoms with E-state index in [0.29, 0.717) is 22.6 Å². The lowest BCUT2D eigenvalue weighted by atomic mass is 10.0. The third-order valence-corrected chi connectivity index (χ3v) is 4.15. The lowest BCUT2D eigenvalue weighted by Crippen LogP contribution is -2.28. The fourth-order valence-electron chi connectivity index (χ4n) is 2.87. The molecule has 26 heavy (non-hydrogen) atoms. The number of carbonyl (C=O) groups is 3. The molecule has 6 heteroatoms. The highest BCUT2D eigenvalue weighted by molar-refractivity contribution is 6.05. The lowest BCUT2D eigenvalue weighted by molar-refractivity contribution is -0.148. The van der Waals surface area contributed by atoms with Crippen LogP contribution in [0.2, 0.25) is 0 Å². The molecule has 0 aliphatic rings. The third kappa shape index (κ3) is 4.20. The van der Waals surface area contributed by atoms with Gasteiger partial charge >= 0.3 is 5.97 Å². The van der Waals surface area contributed by atoms with Crippen LogP contribution in [-0.2, 0) is 9.53 Å². The van der Waals surface area contributed by atoms with Gasteiger partial charge in [0.15, 0.2) is 18.5 Å². The Morgan fingerprint density at radius 1 is 1.12 bits per heavy atom. The van der Waals surface area contributed by atoms with Gasteiger partial charge in [-0.05, 0) is 51.8 Å². The van der Waals surface area contributed by atoms with E-state index >= 15 is 0 Å². The fourth-order valence-corrected chi connectivity index (χ4v) is 2.87. The SMILES string of the molecule is CC(=O)c1c(C)[nH]c(C(=O)[C@@H](C)OC(=O)COc2ccccc2C)c1C. The largest absolute Gasteiger partial charge is 0.482 e. The van der Waals surface area contributed by atoms with Crippen LogP contribution in [0.25, 0.3) is 0 Å². The Labute approximate surface area is 152 Å². The van der Waals surface area contributed by atoms with Gasteiger partial charge < -0.3 is 14.5 Å². The van der Waals surface area contributed by atoms with Gasteiger partial charge in [-0.1, -0.05) is 18.2 Å². The normalized spacial score (nSPS) is 11.7. The molecular formula is C20H23NO5. The quantitative estimate of drug-likeness (QED) is 0.607. The second-order valence-corrected chi connectivity index (χ2v) is 6.23. The summed E-state index contributed by atoms with van der Waals surface area (Å²) in [6.45, 7) is 7.96. The highest BCUT2D eigenvalue weighted by Gasteiger charge is 2.26. The zero-order valence-electron chi connectivity index (χ0n) is 15.6. The maximum Gasteiger partial charge on any atom is 0.344 e. The Balaban J connectivity index is 2.01.